The van der Waals surface area contributed by atoms with Gasteiger partial charge in [0.25, 0.3) is 5.91 Å². The van der Waals surface area contributed by atoms with E-state index in [0.29, 0.717) is 18.8 Å². The smallest absolute Gasteiger partial charge is 0.274 e. The van der Waals surface area contributed by atoms with Gasteiger partial charge < -0.3 is 10.2 Å². The van der Waals surface area contributed by atoms with E-state index in [1.54, 1.807) is 4.90 Å². The van der Waals surface area contributed by atoms with Crippen LogP contribution in [0, 0.1) is 19.8 Å². The lowest BCUT2D eigenvalue weighted by Crippen LogP contribution is -2.54. The minimum atomic E-state index is -0.187. The average Bonchev–Trinajstić information content (AvgIpc) is 2.50. The van der Waals surface area contributed by atoms with Gasteiger partial charge in [0.05, 0.1) is 12.1 Å². The van der Waals surface area contributed by atoms with Gasteiger partial charge in [-0.1, -0.05) is 6.07 Å². The lowest BCUT2D eigenvalue weighted by molar-refractivity contribution is -0.123. The summed E-state index contributed by atoms with van der Waals surface area (Å²) in [6, 6.07) is 5.82. The lowest BCUT2D eigenvalue weighted by Gasteiger charge is -2.37. The first-order valence-corrected chi connectivity index (χ1v) is 7.48. The molecular weight excluding hydrogens is 292 g/mol. The number of benzene rings is 1. The van der Waals surface area contributed by atoms with E-state index >= 15 is 0 Å². The van der Waals surface area contributed by atoms with E-state index in [4.69, 9.17) is 0 Å². The van der Waals surface area contributed by atoms with Crippen LogP contribution in [0.25, 0.3) is 0 Å². The summed E-state index contributed by atoms with van der Waals surface area (Å²) in [5.74, 6) is -0.429. The molecule has 1 aromatic carbocycles. The van der Waals surface area contributed by atoms with E-state index in [1.807, 2.05) is 32.0 Å². The summed E-state index contributed by atoms with van der Waals surface area (Å²) in [7, 11) is 0. The van der Waals surface area contributed by atoms with Crippen molar-refractivity contribution in [1.29, 1.82) is 0 Å². The molecule has 0 saturated carbocycles. The third-order valence-electron chi connectivity index (χ3n) is 4.10. The first kappa shape index (κ1) is 15.1. The Morgan fingerprint density at radius 2 is 1.96 bits per heavy atom. The van der Waals surface area contributed by atoms with Crippen LogP contribution in [0.2, 0.25) is 0 Å². The average molecular weight is 310 g/mol. The molecule has 0 atom stereocenters. The quantitative estimate of drug-likeness (QED) is 0.938. The summed E-state index contributed by atoms with van der Waals surface area (Å²) >= 11 is 0. The molecule has 6 nitrogen and oxygen atoms in total. The predicted molar refractivity (Wildman–Crippen MR) is 86.0 cm³/mol. The highest BCUT2D eigenvalue weighted by molar-refractivity contribution is 5.97. The Morgan fingerprint density at radius 1 is 1.17 bits per heavy atom. The highest BCUT2D eigenvalue weighted by Gasteiger charge is 2.36. The van der Waals surface area contributed by atoms with Crippen LogP contribution in [0.5, 0.6) is 0 Å². The van der Waals surface area contributed by atoms with Gasteiger partial charge in [-0.25, -0.2) is 4.98 Å². The van der Waals surface area contributed by atoms with E-state index < -0.39 is 0 Å². The highest BCUT2D eigenvalue weighted by atomic mass is 16.2. The molecule has 1 saturated heterocycles. The number of aryl methyl sites for hydroxylation is 2. The second-order valence-electron chi connectivity index (χ2n) is 5.79. The van der Waals surface area contributed by atoms with Crippen molar-refractivity contribution < 1.29 is 9.59 Å². The van der Waals surface area contributed by atoms with E-state index in [9.17, 15) is 9.59 Å². The number of hydrogen-bond acceptors (Lipinski definition) is 4. The van der Waals surface area contributed by atoms with Crippen molar-refractivity contribution in [2.45, 2.75) is 13.8 Å². The van der Waals surface area contributed by atoms with Gasteiger partial charge in [-0.15, -0.1) is 0 Å². The monoisotopic (exact) mass is 310 g/mol. The normalized spacial score (nSPS) is 14.3. The molecule has 6 heteroatoms. The maximum atomic E-state index is 12.2. The van der Waals surface area contributed by atoms with Gasteiger partial charge in [0.1, 0.15) is 5.69 Å². The van der Waals surface area contributed by atoms with Gasteiger partial charge in [0.15, 0.2) is 0 Å². The molecule has 23 heavy (non-hydrogen) atoms. The van der Waals surface area contributed by atoms with Crippen molar-refractivity contribution in [2.75, 3.05) is 18.4 Å². The maximum absolute atomic E-state index is 12.2. The fraction of sp³-hybridized carbons (Fsp3) is 0.294. The summed E-state index contributed by atoms with van der Waals surface area (Å²) in [5, 5.41) is 2.91. The van der Waals surface area contributed by atoms with Crippen LogP contribution >= 0.6 is 0 Å². The maximum Gasteiger partial charge on any atom is 0.274 e. The number of amides is 2. The highest BCUT2D eigenvalue weighted by Crippen LogP contribution is 2.21. The molecule has 0 bridgehead atoms. The SMILES string of the molecule is Cc1ccc(NC(=O)C2CN(C(=O)c3cnccn3)C2)cc1C. The van der Waals surface area contributed by atoms with Crippen LogP contribution in [-0.2, 0) is 4.79 Å². The van der Waals surface area contributed by atoms with E-state index in [0.717, 1.165) is 11.3 Å². The van der Waals surface area contributed by atoms with Crippen LogP contribution < -0.4 is 5.32 Å². The number of nitrogens with one attached hydrogen (secondary N) is 1. The summed E-state index contributed by atoms with van der Waals surface area (Å²) in [6.45, 7) is 4.86. The molecule has 0 unspecified atom stereocenters. The van der Waals surface area contributed by atoms with Gasteiger partial charge in [-0.05, 0) is 37.1 Å². The minimum absolute atomic E-state index is 0.0588. The molecule has 0 spiro atoms. The first-order valence-electron chi connectivity index (χ1n) is 7.48. The summed E-state index contributed by atoms with van der Waals surface area (Å²) in [6.07, 6.45) is 4.44. The number of carbonyl (C=O) groups is 2. The molecule has 0 radical (unpaired) electrons. The number of aromatic nitrogens is 2. The Hall–Kier alpha value is -2.76. The van der Waals surface area contributed by atoms with Crippen molar-refractivity contribution in [3.8, 4) is 0 Å². The van der Waals surface area contributed by atoms with E-state index in [1.165, 1.54) is 24.2 Å². The fourth-order valence-electron chi connectivity index (χ4n) is 2.45. The molecule has 1 N–H and O–H groups in total. The van der Waals surface area contributed by atoms with Crippen LogP contribution in [0.1, 0.15) is 21.6 Å². The molecule has 118 valence electrons. The third-order valence-corrected chi connectivity index (χ3v) is 4.10. The van der Waals surface area contributed by atoms with Crippen LogP contribution in [-0.4, -0.2) is 39.8 Å². The van der Waals surface area contributed by atoms with Crippen LogP contribution in [0.3, 0.4) is 0 Å². The number of rotatable bonds is 3. The Morgan fingerprint density at radius 3 is 2.61 bits per heavy atom. The standard InChI is InChI=1S/C17H18N4O2/c1-11-3-4-14(7-12(11)2)20-16(22)13-9-21(10-13)17(23)15-8-18-5-6-19-15/h3-8,13H,9-10H2,1-2H3,(H,20,22). The lowest BCUT2D eigenvalue weighted by atomic mass is 9.98. The van der Waals surface area contributed by atoms with Crippen molar-refractivity contribution in [1.82, 2.24) is 14.9 Å². The molecule has 1 aromatic heterocycles. The molecule has 1 aliphatic heterocycles. The molecule has 1 fully saturated rings. The molecule has 2 aromatic rings. The number of anilines is 1. The van der Waals surface area contributed by atoms with Gasteiger partial charge in [-0.3, -0.25) is 14.6 Å². The summed E-state index contributed by atoms with van der Waals surface area (Å²) < 4.78 is 0. The number of hydrogen-bond donors (Lipinski definition) is 1. The molecule has 2 heterocycles. The number of nitrogens with zero attached hydrogens (tertiary/aromatic N) is 3. The molecular formula is C17H18N4O2. The summed E-state index contributed by atoms with van der Waals surface area (Å²) in [5.41, 5.74) is 3.42. The van der Waals surface area contributed by atoms with Gasteiger partial charge in [-0.2, -0.15) is 0 Å². The van der Waals surface area contributed by atoms with Crippen LogP contribution in [0.15, 0.2) is 36.8 Å². The topological polar surface area (TPSA) is 75.2 Å². The van der Waals surface area contributed by atoms with Crippen LogP contribution in [0.4, 0.5) is 5.69 Å². The van der Waals surface area contributed by atoms with Gasteiger partial charge in [0.2, 0.25) is 5.91 Å². The van der Waals surface area contributed by atoms with Crippen molar-refractivity contribution in [3.05, 3.63) is 53.6 Å². The Labute approximate surface area is 134 Å². The van der Waals surface area contributed by atoms with Crippen molar-refractivity contribution in [2.24, 2.45) is 5.92 Å². The Bertz CT molecular complexity index is 740. The number of carbonyl (C=O) groups excluding carboxylic acids is 2. The molecule has 1 aliphatic rings. The fourth-order valence-corrected chi connectivity index (χ4v) is 2.45. The second-order valence-corrected chi connectivity index (χ2v) is 5.79. The largest absolute Gasteiger partial charge is 0.336 e. The van der Waals surface area contributed by atoms with Crippen molar-refractivity contribution in [3.63, 3.8) is 0 Å². The van der Waals surface area contributed by atoms with Crippen molar-refractivity contribution >= 4 is 17.5 Å². The zero-order valence-corrected chi connectivity index (χ0v) is 13.1. The zero-order chi connectivity index (χ0) is 16.4. The first-order chi connectivity index (χ1) is 11.0. The Balaban J connectivity index is 1.55. The third kappa shape index (κ3) is 3.21. The van der Waals surface area contributed by atoms with Gasteiger partial charge in [0, 0.05) is 31.2 Å². The number of likely N-dealkylation sites (tertiary alicyclic amines) is 1. The summed E-state index contributed by atoms with van der Waals surface area (Å²) in [4.78, 5) is 33.8. The Kier molecular flexibility index (Phi) is 4.06. The molecule has 2 amide bonds. The van der Waals surface area contributed by atoms with E-state index in [-0.39, 0.29) is 17.7 Å². The molecule has 3 rings (SSSR count). The molecule has 0 aliphatic carbocycles. The zero-order valence-electron chi connectivity index (χ0n) is 13.1. The second kappa shape index (κ2) is 6.16. The minimum Gasteiger partial charge on any atom is -0.336 e. The predicted octanol–water partition coefficient (Wildman–Crippen LogP) is 1.80. The van der Waals surface area contributed by atoms with E-state index in [2.05, 4.69) is 15.3 Å². The van der Waals surface area contributed by atoms with Gasteiger partial charge >= 0.3 is 0 Å².